The molecular formula is C11H15F2NO. The zero-order valence-corrected chi connectivity index (χ0v) is 9.09. The normalized spacial score (nSPS) is 12.7. The van der Waals surface area contributed by atoms with Gasteiger partial charge in [-0.15, -0.1) is 0 Å². The molecule has 0 bridgehead atoms. The van der Waals surface area contributed by atoms with E-state index in [-0.39, 0.29) is 17.9 Å². The number of halogens is 2. The van der Waals surface area contributed by atoms with Crippen LogP contribution in [-0.2, 0) is 0 Å². The molecule has 0 aromatic heterocycles. The van der Waals surface area contributed by atoms with E-state index in [1.54, 1.807) is 21.0 Å². The first kappa shape index (κ1) is 11.9. The second-order valence-corrected chi connectivity index (χ2v) is 3.77. The number of benzene rings is 1. The minimum atomic E-state index is -0.485. The summed E-state index contributed by atoms with van der Waals surface area (Å²) in [6.45, 7) is 1.45. The fourth-order valence-electron chi connectivity index (χ4n) is 1.57. The van der Waals surface area contributed by atoms with Crippen LogP contribution in [0.15, 0.2) is 12.1 Å². The molecule has 0 radical (unpaired) electrons. The maximum atomic E-state index is 13.5. The molecule has 1 N–H and O–H groups in total. The third-order valence-electron chi connectivity index (χ3n) is 2.33. The molecule has 1 aromatic carbocycles. The molecule has 1 unspecified atom stereocenters. The summed E-state index contributed by atoms with van der Waals surface area (Å²) in [7, 11) is 3.29. The Bertz CT molecular complexity index is 353. The van der Waals surface area contributed by atoms with E-state index in [1.165, 1.54) is 4.90 Å². The Morgan fingerprint density at radius 3 is 2.27 bits per heavy atom. The van der Waals surface area contributed by atoms with Gasteiger partial charge in [-0.05, 0) is 12.1 Å². The van der Waals surface area contributed by atoms with Crippen LogP contribution < -0.4 is 4.90 Å². The number of nitrogens with zero attached hydrogens (tertiary/aromatic N) is 1. The number of rotatable bonds is 3. The van der Waals surface area contributed by atoms with Crippen molar-refractivity contribution in [2.24, 2.45) is 0 Å². The zero-order valence-electron chi connectivity index (χ0n) is 9.09. The fourth-order valence-corrected chi connectivity index (χ4v) is 1.57. The highest BCUT2D eigenvalue weighted by Gasteiger charge is 2.19. The number of aliphatic hydroxyl groups is 1. The van der Waals surface area contributed by atoms with Crippen LogP contribution in [0, 0.1) is 11.6 Å². The van der Waals surface area contributed by atoms with Crippen molar-refractivity contribution < 1.29 is 13.9 Å². The molecule has 2 nitrogen and oxygen atoms in total. The average molecular weight is 215 g/mol. The van der Waals surface area contributed by atoms with Gasteiger partial charge in [0.25, 0.3) is 0 Å². The number of aliphatic hydroxyl groups excluding tert-OH is 1. The molecule has 0 saturated carbocycles. The third-order valence-corrected chi connectivity index (χ3v) is 2.33. The van der Waals surface area contributed by atoms with Crippen molar-refractivity contribution >= 4 is 5.69 Å². The van der Waals surface area contributed by atoms with E-state index in [9.17, 15) is 8.78 Å². The van der Waals surface area contributed by atoms with Gasteiger partial charge < -0.3 is 10.0 Å². The Balaban J connectivity index is 3.38. The lowest BCUT2D eigenvalue weighted by Crippen LogP contribution is -2.17. The van der Waals surface area contributed by atoms with Gasteiger partial charge in [0, 0.05) is 32.2 Å². The van der Waals surface area contributed by atoms with Gasteiger partial charge in [0.05, 0.1) is 5.69 Å². The van der Waals surface area contributed by atoms with Crippen molar-refractivity contribution in [3.8, 4) is 0 Å². The van der Waals surface area contributed by atoms with Gasteiger partial charge in [-0.25, -0.2) is 8.78 Å². The number of anilines is 1. The van der Waals surface area contributed by atoms with Crippen LogP contribution >= 0.6 is 0 Å². The lowest BCUT2D eigenvalue weighted by Gasteiger charge is -2.21. The molecule has 0 aliphatic carbocycles. The molecule has 0 aliphatic rings. The van der Waals surface area contributed by atoms with E-state index in [0.717, 1.165) is 12.1 Å². The van der Waals surface area contributed by atoms with E-state index in [1.807, 2.05) is 0 Å². The van der Waals surface area contributed by atoms with Gasteiger partial charge in [-0.3, -0.25) is 0 Å². The second kappa shape index (κ2) is 4.57. The first-order valence-corrected chi connectivity index (χ1v) is 4.75. The van der Waals surface area contributed by atoms with Crippen LogP contribution in [0.4, 0.5) is 14.5 Å². The molecule has 1 aromatic rings. The van der Waals surface area contributed by atoms with Gasteiger partial charge in [0.2, 0.25) is 0 Å². The number of hydrogen-bond donors (Lipinski definition) is 1. The minimum absolute atomic E-state index is 0.205. The van der Waals surface area contributed by atoms with Crippen molar-refractivity contribution in [3.63, 3.8) is 0 Å². The molecule has 0 heterocycles. The molecular weight excluding hydrogens is 200 g/mol. The Morgan fingerprint density at radius 2 is 1.80 bits per heavy atom. The van der Waals surface area contributed by atoms with Crippen molar-refractivity contribution in [1.82, 2.24) is 0 Å². The zero-order chi connectivity index (χ0) is 11.6. The van der Waals surface area contributed by atoms with Crippen LogP contribution in [0.2, 0.25) is 0 Å². The van der Waals surface area contributed by atoms with Crippen molar-refractivity contribution in [1.29, 1.82) is 0 Å². The minimum Gasteiger partial charge on any atom is -0.396 e. The summed E-state index contributed by atoms with van der Waals surface area (Å²) < 4.78 is 27.0. The summed E-state index contributed by atoms with van der Waals surface area (Å²) in [4.78, 5) is 1.51. The first-order chi connectivity index (χ1) is 6.99. The SMILES string of the molecule is CC(CO)c1c(F)ccc(F)c1N(C)C. The summed E-state index contributed by atoms with van der Waals surface area (Å²) in [5, 5.41) is 9.00. The van der Waals surface area contributed by atoms with Crippen LogP contribution in [-0.4, -0.2) is 25.8 Å². The molecule has 15 heavy (non-hydrogen) atoms. The monoisotopic (exact) mass is 215 g/mol. The highest BCUT2D eigenvalue weighted by atomic mass is 19.1. The summed E-state index contributed by atoms with van der Waals surface area (Å²) in [5.74, 6) is -1.38. The standard InChI is InChI=1S/C11H15F2NO/c1-7(6-15)10-8(12)4-5-9(13)11(10)14(2)3/h4-5,7,15H,6H2,1-3H3. The van der Waals surface area contributed by atoms with Gasteiger partial charge in [0.15, 0.2) is 0 Å². The molecule has 0 amide bonds. The molecule has 0 fully saturated rings. The van der Waals surface area contributed by atoms with E-state index in [4.69, 9.17) is 5.11 Å². The smallest absolute Gasteiger partial charge is 0.146 e. The Morgan fingerprint density at radius 1 is 1.27 bits per heavy atom. The molecule has 0 spiro atoms. The molecule has 4 heteroatoms. The van der Waals surface area contributed by atoms with E-state index in [2.05, 4.69) is 0 Å². The second-order valence-electron chi connectivity index (χ2n) is 3.77. The molecule has 84 valence electrons. The summed E-state index contributed by atoms with van der Waals surface area (Å²) in [6, 6.07) is 2.18. The molecule has 0 saturated heterocycles. The lowest BCUT2D eigenvalue weighted by atomic mass is 9.98. The van der Waals surface area contributed by atoms with Gasteiger partial charge >= 0.3 is 0 Å². The maximum absolute atomic E-state index is 13.5. The Kier molecular flexibility index (Phi) is 3.63. The quantitative estimate of drug-likeness (QED) is 0.834. The third kappa shape index (κ3) is 2.26. The number of hydrogen-bond acceptors (Lipinski definition) is 2. The van der Waals surface area contributed by atoms with E-state index >= 15 is 0 Å². The summed E-state index contributed by atoms with van der Waals surface area (Å²) in [5.41, 5.74) is 0.430. The topological polar surface area (TPSA) is 23.5 Å². The van der Waals surface area contributed by atoms with Crippen LogP contribution in [0.25, 0.3) is 0 Å². The van der Waals surface area contributed by atoms with Crippen molar-refractivity contribution in [3.05, 3.63) is 29.3 Å². The Hall–Kier alpha value is -1.16. The van der Waals surface area contributed by atoms with Gasteiger partial charge in [-0.2, -0.15) is 0 Å². The first-order valence-electron chi connectivity index (χ1n) is 4.75. The highest BCUT2D eigenvalue weighted by molar-refractivity contribution is 5.55. The van der Waals surface area contributed by atoms with Crippen LogP contribution in [0.1, 0.15) is 18.4 Å². The lowest BCUT2D eigenvalue weighted by molar-refractivity contribution is 0.270. The Labute approximate surface area is 88.1 Å². The summed E-state index contributed by atoms with van der Waals surface area (Å²) >= 11 is 0. The van der Waals surface area contributed by atoms with Crippen molar-refractivity contribution in [2.45, 2.75) is 12.8 Å². The predicted molar refractivity (Wildman–Crippen MR) is 56.2 cm³/mol. The molecule has 0 aliphatic heterocycles. The maximum Gasteiger partial charge on any atom is 0.146 e. The average Bonchev–Trinajstić information content (AvgIpc) is 2.19. The molecule has 1 atom stereocenters. The predicted octanol–water partition coefficient (Wildman–Crippen LogP) is 2.13. The molecule has 1 rings (SSSR count). The highest BCUT2D eigenvalue weighted by Crippen LogP contribution is 2.31. The largest absolute Gasteiger partial charge is 0.396 e. The van der Waals surface area contributed by atoms with Crippen LogP contribution in [0.3, 0.4) is 0 Å². The van der Waals surface area contributed by atoms with Gasteiger partial charge in [0.1, 0.15) is 11.6 Å². The van der Waals surface area contributed by atoms with E-state index in [0.29, 0.717) is 0 Å². The fraction of sp³-hybridized carbons (Fsp3) is 0.455. The van der Waals surface area contributed by atoms with Crippen LogP contribution in [0.5, 0.6) is 0 Å². The van der Waals surface area contributed by atoms with E-state index < -0.39 is 17.6 Å². The summed E-state index contributed by atoms with van der Waals surface area (Å²) in [6.07, 6.45) is 0. The van der Waals surface area contributed by atoms with Gasteiger partial charge in [-0.1, -0.05) is 6.92 Å². The van der Waals surface area contributed by atoms with Crippen molar-refractivity contribution in [2.75, 3.05) is 25.6 Å².